The van der Waals surface area contributed by atoms with Crippen LogP contribution in [0.5, 0.6) is 0 Å². The van der Waals surface area contributed by atoms with Crippen molar-refractivity contribution in [2.45, 2.75) is 64.6 Å². The van der Waals surface area contributed by atoms with Gasteiger partial charge >= 0.3 is 0 Å². The first kappa shape index (κ1) is 13.9. The van der Waals surface area contributed by atoms with E-state index in [2.05, 4.69) is 32.6 Å². The number of rotatable bonds is 5. The molecule has 0 aromatic carbocycles. The average Bonchev–Trinajstić information content (AvgIpc) is 2.27. The Bertz CT molecular complexity index is 198. The highest BCUT2D eigenvalue weighted by molar-refractivity contribution is 4.92. The molecule has 1 aliphatic rings. The Labute approximate surface area is 100 Å². The number of piperidine rings is 1. The molecule has 1 aliphatic heterocycles. The van der Waals surface area contributed by atoms with Gasteiger partial charge in [0.05, 0.1) is 12.7 Å². The number of likely N-dealkylation sites (tertiary alicyclic amines) is 1. The van der Waals surface area contributed by atoms with E-state index < -0.39 is 0 Å². The molecule has 96 valence electrons. The number of nitrogens with two attached hydrogens (primary N) is 1. The first-order chi connectivity index (χ1) is 7.44. The Morgan fingerprint density at radius 3 is 2.25 bits per heavy atom. The first-order valence-electron chi connectivity index (χ1n) is 6.57. The molecule has 0 spiro atoms. The van der Waals surface area contributed by atoms with Crippen molar-refractivity contribution in [2.24, 2.45) is 5.73 Å². The second-order valence-corrected chi connectivity index (χ2v) is 5.69. The van der Waals surface area contributed by atoms with Gasteiger partial charge in [0.2, 0.25) is 0 Å². The summed E-state index contributed by atoms with van der Waals surface area (Å²) < 4.78 is 5.63. The van der Waals surface area contributed by atoms with Crippen LogP contribution in [-0.2, 0) is 4.74 Å². The van der Waals surface area contributed by atoms with E-state index in [1.165, 1.54) is 32.4 Å². The lowest BCUT2D eigenvalue weighted by molar-refractivity contribution is 0.00890. The standard InChI is InChI=1S/C13H28N2O/c1-11(2)16-10-12(14)13(3,4)15-8-6-5-7-9-15/h11-12H,5-10,14H2,1-4H3. The van der Waals surface area contributed by atoms with Crippen LogP contribution in [0.4, 0.5) is 0 Å². The molecule has 0 amide bonds. The third-order valence-corrected chi connectivity index (χ3v) is 3.69. The van der Waals surface area contributed by atoms with Crippen molar-refractivity contribution in [1.82, 2.24) is 4.90 Å². The molecule has 0 bridgehead atoms. The summed E-state index contributed by atoms with van der Waals surface area (Å²) in [7, 11) is 0. The van der Waals surface area contributed by atoms with Crippen LogP contribution in [0.1, 0.15) is 47.0 Å². The highest BCUT2D eigenvalue weighted by atomic mass is 16.5. The van der Waals surface area contributed by atoms with Crippen LogP contribution in [0.2, 0.25) is 0 Å². The highest BCUT2D eigenvalue weighted by Gasteiger charge is 2.33. The van der Waals surface area contributed by atoms with Gasteiger partial charge in [-0.15, -0.1) is 0 Å². The van der Waals surface area contributed by atoms with Gasteiger partial charge in [-0.1, -0.05) is 6.42 Å². The quantitative estimate of drug-likeness (QED) is 0.782. The van der Waals surface area contributed by atoms with Crippen molar-refractivity contribution in [3.05, 3.63) is 0 Å². The van der Waals surface area contributed by atoms with Crippen molar-refractivity contribution in [1.29, 1.82) is 0 Å². The minimum atomic E-state index is 0.0509. The maximum Gasteiger partial charge on any atom is 0.0638 e. The maximum absolute atomic E-state index is 6.26. The van der Waals surface area contributed by atoms with Crippen molar-refractivity contribution in [3.63, 3.8) is 0 Å². The van der Waals surface area contributed by atoms with E-state index in [-0.39, 0.29) is 17.7 Å². The minimum absolute atomic E-state index is 0.0509. The maximum atomic E-state index is 6.26. The largest absolute Gasteiger partial charge is 0.377 e. The SMILES string of the molecule is CC(C)OCC(N)C(C)(C)N1CCCCC1. The Morgan fingerprint density at radius 2 is 1.75 bits per heavy atom. The van der Waals surface area contributed by atoms with Crippen LogP contribution in [-0.4, -0.2) is 42.3 Å². The lowest BCUT2D eigenvalue weighted by Crippen LogP contribution is -2.59. The summed E-state index contributed by atoms with van der Waals surface area (Å²) in [4.78, 5) is 2.52. The fourth-order valence-electron chi connectivity index (χ4n) is 2.20. The van der Waals surface area contributed by atoms with Gasteiger partial charge in [0, 0.05) is 11.6 Å². The smallest absolute Gasteiger partial charge is 0.0638 e. The third kappa shape index (κ3) is 3.72. The zero-order valence-corrected chi connectivity index (χ0v) is 11.3. The summed E-state index contributed by atoms with van der Waals surface area (Å²) in [5.74, 6) is 0. The molecule has 1 unspecified atom stereocenters. The summed E-state index contributed by atoms with van der Waals surface area (Å²) in [6, 6.07) is 0.0907. The molecule has 0 saturated carbocycles. The molecule has 3 heteroatoms. The molecule has 3 nitrogen and oxygen atoms in total. The van der Waals surface area contributed by atoms with E-state index in [9.17, 15) is 0 Å². The Hall–Kier alpha value is -0.120. The Kier molecular flexibility index (Phi) is 5.22. The summed E-state index contributed by atoms with van der Waals surface area (Å²) in [5.41, 5.74) is 6.31. The van der Waals surface area contributed by atoms with E-state index in [0.29, 0.717) is 6.61 Å². The predicted octanol–water partition coefficient (Wildman–Crippen LogP) is 2.00. The number of hydrogen-bond donors (Lipinski definition) is 1. The van der Waals surface area contributed by atoms with Gasteiger partial charge in [0.25, 0.3) is 0 Å². The summed E-state index contributed by atoms with van der Waals surface area (Å²) in [6.07, 6.45) is 4.25. The molecule has 1 heterocycles. The van der Waals surface area contributed by atoms with Crippen molar-refractivity contribution in [3.8, 4) is 0 Å². The molecule has 0 radical (unpaired) electrons. The van der Waals surface area contributed by atoms with Crippen molar-refractivity contribution in [2.75, 3.05) is 19.7 Å². The normalized spacial score (nSPS) is 21.4. The summed E-state index contributed by atoms with van der Waals surface area (Å²) >= 11 is 0. The molecule has 0 aliphatic carbocycles. The van der Waals surface area contributed by atoms with Gasteiger partial charge in [0.15, 0.2) is 0 Å². The third-order valence-electron chi connectivity index (χ3n) is 3.69. The van der Waals surface area contributed by atoms with Crippen LogP contribution in [0.3, 0.4) is 0 Å². The lowest BCUT2D eigenvalue weighted by Gasteiger charge is -2.44. The van der Waals surface area contributed by atoms with E-state index in [1.807, 2.05) is 0 Å². The molecule has 2 N–H and O–H groups in total. The van der Waals surface area contributed by atoms with Crippen molar-refractivity contribution < 1.29 is 4.74 Å². The van der Waals surface area contributed by atoms with Gasteiger partial charge in [-0.25, -0.2) is 0 Å². The molecule has 1 fully saturated rings. The molecular weight excluding hydrogens is 200 g/mol. The molecule has 16 heavy (non-hydrogen) atoms. The van der Waals surface area contributed by atoms with E-state index in [4.69, 9.17) is 10.5 Å². The molecule has 0 aromatic rings. The van der Waals surface area contributed by atoms with Crippen LogP contribution in [0.15, 0.2) is 0 Å². The van der Waals surface area contributed by atoms with Crippen LogP contribution in [0, 0.1) is 0 Å². The average molecular weight is 228 g/mol. The van der Waals surface area contributed by atoms with Crippen LogP contribution < -0.4 is 5.73 Å². The monoisotopic (exact) mass is 228 g/mol. The Morgan fingerprint density at radius 1 is 1.19 bits per heavy atom. The molecule has 0 aromatic heterocycles. The van der Waals surface area contributed by atoms with E-state index in [0.717, 1.165) is 0 Å². The number of nitrogens with zero attached hydrogens (tertiary/aromatic N) is 1. The fourth-order valence-corrected chi connectivity index (χ4v) is 2.20. The molecule has 1 rings (SSSR count). The van der Waals surface area contributed by atoms with Gasteiger partial charge in [-0.2, -0.15) is 0 Å². The summed E-state index contributed by atoms with van der Waals surface area (Å²) in [5, 5.41) is 0. The fraction of sp³-hybridized carbons (Fsp3) is 1.00. The Balaban J connectivity index is 2.46. The van der Waals surface area contributed by atoms with E-state index in [1.54, 1.807) is 0 Å². The zero-order valence-electron chi connectivity index (χ0n) is 11.3. The van der Waals surface area contributed by atoms with Gasteiger partial charge in [0.1, 0.15) is 0 Å². The first-order valence-corrected chi connectivity index (χ1v) is 6.57. The minimum Gasteiger partial charge on any atom is -0.377 e. The predicted molar refractivity (Wildman–Crippen MR) is 68.6 cm³/mol. The molecule has 1 saturated heterocycles. The zero-order chi connectivity index (χ0) is 12.2. The topological polar surface area (TPSA) is 38.5 Å². The van der Waals surface area contributed by atoms with Crippen LogP contribution >= 0.6 is 0 Å². The van der Waals surface area contributed by atoms with Gasteiger partial charge in [-0.3, -0.25) is 4.90 Å². The second kappa shape index (κ2) is 5.99. The molecular formula is C13H28N2O. The number of ether oxygens (including phenoxy) is 1. The summed E-state index contributed by atoms with van der Waals surface area (Å²) in [6.45, 7) is 11.6. The molecule has 1 atom stereocenters. The van der Waals surface area contributed by atoms with Crippen molar-refractivity contribution >= 4 is 0 Å². The second-order valence-electron chi connectivity index (χ2n) is 5.69. The van der Waals surface area contributed by atoms with E-state index >= 15 is 0 Å². The van der Waals surface area contributed by atoms with Gasteiger partial charge < -0.3 is 10.5 Å². The number of hydrogen-bond acceptors (Lipinski definition) is 3. The highest BCUT2D eigenvalue weighted by Crippen LogP contribution is 2.23. The van der Waals surface area contributed by atoms with Gasteiger partial charge in [-0.05, 0) is 53.6 Å². The van der Waals surface area contributed by atoms with Crippen LogP contribution in [0.25, 0.3) is 0 Å². The lowest BCUT2D eigenvalue weighted by atomic mass is 9.91.